The molecule has 5 nitrogen and oxygen atoms in total. The fourth-order valence-electron chi connectivity index (χ4n) is 3.07. The molecule has 0 saturated carbocycles. The quantitative estimate of drug-likeness (QED) is 0.923. The predicted molar refractivity (Wildman–Crippen MR) is 102 cm³/mol. The minimum absolute atomic E-state index is 0.0476. The summed E-state index contributed by atoms with van der Waals surface area (Å²) in [5.74, 6) is 0.812. The number of hydrogen-bond acceptors (Lipinski definition) is 3. The highest BCUT2D eigenvalue weighted by molar-refractivity contribution is 5.89. The number of benzene rings is 2. The van der Waals surface area contributed by atoms with Crippen LogP contribution in [0.2, 0.25) is 0 Å². The van der Waals surface area contributed by atoms with Gasteiger partial charge in [0.05, 0.1) is 6.61 Å². The first-order valence-corrected chi connectivity index (χ1v) is 8.76. The molecule has 5 heteroatoms. The van der Waals surface area contributed by atoms with Crippen molar-refractivity contribution in [1.29, 1.82) is 0 Å². The van der Waals surface area contributed by atoms with Crippen LogP contribution in [0.25, 0.3) is 0 Å². The van der Waals surface area contributed by atoms with Gasteiger partial charge in [-0.2, -0.15) is 0 Å². The Labute approximate surface area is 149 Å². The Bertz CT molecular complexity index is 707. The van der Waals surface area contributed by atoms with Crippen molar-refractivity contribution in [3.8, 4) is 5.75 Å². The molecule has 0 radical (unpaired) electrons. The molecule has 2 aromatic carbocycles. The molecule has 1 saturated heterocycles. The van der Waals surface area contributed by atoms with Crippen LogP contribution in [0.1, 0.15) is 12.5 Å². The zero-order valence-corrected chi connectivity index (χ0v) is 14.9. The number of hydrogen-bond donors (Lipinski definition) is 1. The van der Waals surface area contributed by atoms with Gasteiger partial charge in [0.15, 0.2) is 0 Å². The molecule has 1 N–H and O–H groups in total. The lowest BCUT2D eigenvalue weighted by atomic mass is 10.1. The van der Waals surface area contributed by atoms with E-state index in [9.17, 15) is 4.79 Å². The third kappa shape index (κ3) is 4.24. The number of carbonyl (C=O) groups excluding carboxylic acids is 1. The second kappa shape index (κ2) is 7.92. The Hall–Kier alpha value is -2.69. The van der Waals surface area contributed by atoms with E-state index in [0.717, 1.165) is 37.6 Å². The largest absolute Gasteiger partial charge is 0.494 e. The Morgan fingerprint density at radius 2 is 1.72 bits per heavy atom. The smallest absolute Gasteiger partial charge is 0.321 e. The zero-order chi connectivity index (χ0) is 17.6. The summed E-state index contributed by atoms with van der Waals surface area (Å²) in [6.07, 6.45) is 0. The molecule has 0 aromatic heterocycles. The molecule has 132 valence electrons. The molecule has 0 aliphatic carbocycles. The van der Waals surface area contributed by atoms with Crippen molar-refractivity contribution in [2.45, 2.75) is 13.8 Å². The summed E-state index contributed by atoms with van der Waals surface area (Å²) in [5.41, 5.74) is 3.32. The highest BCUT2D eigenvalue weighted by atomic mass is 16.5. The predicted octanol–water partition coefficient (Wildman–Crippen LogP) is 3.75. The van der Waals surface area contributed by atoms with Crippen LogP contribution < -0.4 is 15.0 Å². The average molecular weight is 339 g/mol. The number of carbonyl (C=O) groups is 1. The number of ether oxygens (including phenoxy) is 1. The number of rotatable bonds is 4. The van der Waals surface area contributed by atoms with E-state index in [1.807, 2.05) is 36.1 Å². The SMILES string of the molecule is CCOc1ccc(NC(=O)N2CCN(c3ccccc3C)CC2)cc1. The first-order chi connectivity index (χ1) is 12.2. The Kier molecular flexibility index (Phi) is 5.43. The van der Waals surface area contributed by atoms with Gasteiger partial charge in [-0.3, -0.25) is 0 Å². The van der Waals surface area contributed by atoms with E-state index in [4.69, 9.17) is 4.74 Å². The molecule has 3 rings (SSSR count). The molecular weight excluding hydrogens is 314 g/mol. The van der Waals surface area contributed by atoms with Gasteiger partial charge in [0.2, 0.25) is 0 Å². The van der Waals surface area contributed by atoms with Gasteiger partial charge in [-0.05, 0) is 49.7 Å². The standard InChI is InChI=1S/C20H25N3O2/c1-3-25-18-10-8-17(9-11-18)21-20(24)23-14-12-22(13-15-23)19-7-5-4-6-16(19)2/h4-11H,3,12-15H2,1-2H3,(H,21,24). The second-order valence-electron chi connectivity index (χ2n) is 6.15. The molecule has 2 aromatic rings. The highest BCUT2D eigenvalue weighted by Gasteiger charge is 2.22. The van der Waals surface area contributed by atoms with Gasteiger partial charge in [0.1, 0.15) is 5.75 Å². The average Bonchev–Trinajstić information content (AvgIpc) is 2.64. The fraction of sp³-hybridized carbons (Fsp3) is 0.350. The van der Waals surface area contributed by atoms with Crippen LogP contribution in [0.4, 0.5) is 16.2 Å². The third-order valence-corrected chi connectivity index (χ3v) is 4.44. The molecule has 0 atom stereocenters. The maximum atomic E-state index is 12.5. The summed E-state index contributed by atoms with van der Waals surface area (Å²) in [6, 6.07) is 15.8. The maximum absolute atomic E-state index is 12.5. The lowest BCUT2D eigenvalue weighted by Gasteiger charge is -2.36. The van der Waals surface area contributed by atoms with E-state index < -0.39 is 0 Å². The van der Waals surface area contributed by atoms with Gasteiger partial charge in [-0.15, -0.1) is 0 Å². The molecule has 1 heterocycles. The fourth-order valence-corrected chi connectivity index (χ4v) is 3.07. The van der Waals surface area contributed by atoms with E-state index in [2.05, 4.69) is 41.4 Å². The van der Waals surface area contributed by atoms with Gasteiger partial charge in [0.25, 0.3) is 0 Å². The summed E-state index contributed by atoms with van der Waals surface area (Å²) < 4.78 is 5.42. The lowest BCUT2D eigenvalue weighted by molar-refractivity contribution is 0.208. The van der Waals surface area contributed by atoms with Gasteiger partial charge >= 0.3 is 6.03 Å². The van der Waals surface area contributed by atoms with E-state index in [1.54, 1.807) is 0 Å². The van der Waals surface area contributed by atoms with Crippen molar-refractivity contribution in [3.63, 3.8) is 0 Å². The highest BCUT2D eigenvalue weighted by Crippen LogP contribution is 2.21. The van der Waals surface area contributed by atoms with Crippen molar-refractivity contribution < 1.29 is 9.53 Å². The number of urea groups is 1. The summed E-state index contributed by atoms with van der Waals surface area (Å²) in [5, 5.41) is 2.96. The maximum Gasteiger partial charge on any atom is 0.321 e. The van der Waals surface area contributed by atoms with Crippen molar-refractivity contribution >= 4 is 17.4 Å². The number of amides is 2. The van der Waals surface area contributed by atoms with Gasteiger partial charge < -0.3 is 19.9 Å². The van der Waals surface area contributed by atoms with E-state index >= 15 is 0 Å². The van der Waals surface area contributed by atoms with Crippen molar-refractivity contribution in [2.24, 2.45) is 0 Å². The molecular formula is C20H25N3O2. The van der Waals surface area contributed by atoms with Crippen LogP contribution >= 0.6 is 0 Å². The van der Waals surface area contributed by atoms with E-state index in [0.29, 0.717) is 6.61 Å². The summed E-state index contributed by atoms with van der Waals surface area (Å²) >= 11 is 0. The van der Waals surface area contributed by atoms with Crippen LogP contribution in [-0.2, 0) is 0 Å². The molecule has 25 heavy (non-hydrogen) atoms. The summed E-state index contributed by atoms with van der Waals surface area (Å²) in [7, 11) is 0. The molecule has 1 aliphatic heterocycles. The Balaban J connectivity index is 1.54. The monoisotopic (exact) mass is 339 g/mol. The molecule has 0 bridgehead atoms. The number of aryl methyl sites for hydroxylation is 1. The Morgan fingerprint density at radius 3 is 2.36 bits per heavy atom. The van der Waals surface area contributed by atoms with Crippen molar-refractivity contribution in [3.05, 3.63) is 54.1 Å². The van der Waals surface area contributed by atoms with Crippen LogP contribution in [-0.4, -0.2) is 43.7 Å². The molecule has 0 unspecified atom stereocenters. The Morgan fingerprint density at radius 1 is 1.04 bits per heavy atom. The summed E-state index contributed by atoms with van der Waals surface area (Å²) in [4.78, 5) is 16.7. The first kappa shape index (κ1) is 17.1. The minimum atomic E-state index is -0.0476. The van der Waals surface area contributed by atoms with Crippen LogP contribution in [0.5, 0.6) is 5.75 Å². The number of anilines is 2. The van der Waals surface area contributed by atoms with Crippen LogP contribution in [0.15, 0.2) is 48.5 Å². The number of para-hydroxylation sites is 1. The van der Waals surface area contributed by atoms with Crippen molar-refractivity contribution in [2.75, 3.05) is 43.0 Å². The molecule has 2 amide bonds. The molecule has 1 fully saturated rings. The number of nitrogens with zero attached hydrogens (tertiary/aromatic N) is 2. The summed E-state index contributed by atoms with van der Waals surface area (Å²) in [6.45, 7) is 7.85. The first-order valence-electron chi connectivity index (χ1n) is 8.76. The minimum Gasteiger partial charge on any atom is -0.494 e. The van der Waals surface area contributed by atoms with E-state index in [-0.39, 0.29) is 6.03 Å². The number of nitrogens with one attached hydrogen (secondary N) is 1. The zero-order valence-electron chi connectivity index (χ0n) is 14.9. The van der Waals surface area contributed by atoms with E-state index in [1.165, 1.54) is 11.3 Å². The second-order valence-corrected chi connectivity index (χ2v) is 6.15. The van der Waals surface area contributed by atoms with Gasteiger partial charge in [0, 0.05) is 37.6 Å². The van der Waals surface area contributed by atoms with Crippen LogP contribution in [0.3, 0.4) is 0 Å². The molecule has 1 aliphatic rings. The van der Waals surface area contributed by atoms with Crippen molar-refractivity contribution in [1.82, 2.24) is 4.90 Å². The third-order valence-electron chi connectivity index (χ3n) is 4.44. The normalized spacial score (nSPS) is 14.3. The van der Waals surface area contributed by atoms with Crippen LogP contribution in [0, 0.1) is 6.92 Å². The van der Waals surface area contributed by atoms with Gasteiger partial charge in [-0.25, -0.2) is 4.79 Å². The lowest BCUT2D eigenvalue weighted by Crippen LogP contribution is -2.50. The van der Waals surface area contributed by atoms with Gasteiger partial charge in [-0.1, -0.05) is 18.2 Å². The topological polar surface area (TPSA) is 44.8 Å². The number of piperazine rings is 1. The molecule has 0 spiro atoms.